The summed E-state index contributed by atoms with van der Waals surface area (Å²) in [5.74, 6) is 0. The van der Waals surface area contributed by atoms with Crippen LogP contribution in [0.2, 0.25) is 0 Å². The summed E-state index contributed by atoms with van der Waals surface area (Å²) < 4.78 is 27.1. The van der Waals surface area contributed by atoms with Crippen molar-refractivity contribution in [2.24, 2.45) is 0 Å². The molecule has 1 atom stereocenters. The van der Waals surface area contributed by atoms with Gasteiger partial charge in [0.05, 0.1) is 4.90 Å². The fourth-order valence-electron chi connectivity index (χ4n) is 2.73. The summed E-state index contributed by atoms with van der Waals surface area (Å²) in [4.78, 5) is 0.435. The highest BCUT2D eigenvalue weighted by molar-refractivity contribution is 7.89. The average molecular weight is 281 g/mol. The first-order valence-electron chi connectivity index (χ1n) is 7.20. The van der Waals surface area contributed by atoms with Crippen molar-refractivity contribution in [2.45, 2.75) is 56.9 Å². The summed E-state index contributed by atoms with van der Waals surface area (Å²) in [6.07, 6.45) is 4.93. The molecule has 1 aliphatic heterocycles. The van der Waals surface area contributed by atoms with Gasteiger partial charge < -0.3 is 0 Å². The molecule has 1 aromatic carbocycles. The Morgan fingerprint density at radius 1 is 1.16 bits per heavy atom. The first-order valence-corrected chi connectivity index (χ1v) is 8.64. The third kappa shape index (κ3) is 3.00. The zero-order chi connectivity index (χ0) is 13.9. The summed E-state index contributed by atoms with van der Waals surface area (Å²) >= 11 is 0. The van der Waals surface area contributed by atoms with Crippen LogP contribution in [0.1, 0.15) is 45.1 Å². The molecule has 1 aliphatic rings. The van der Waals surface area contributed by atoms with Crippen molar-refractivity contribution >= 4 is 10.0 Å². The van der Waals surface area contributed by atoms with E-state index in [9.17, 15) is 8.42 Å². The normalized spacial score (nSPS) is 21.5. The Hall–Kier alpha value is -0.870. The highest BCUT2D eigenvalue weighted by Gasteiger charge is 2.32. The molecule has 1 aromatic rings. The Bertz CT molecular complexity index is 507. The molecular formula is C15H23NO2S. The fraction of sp³-hybridized carbons (Fsp3) is 0.600. The Kier molecular flexibility index (Phi) is 4.63. The van der Waals surface area contributed by atoms with Crippen LogP contribution < -0.4 is 0 Å². The number of hydrogen-bond acceptors (Lipinski definition) is 2. The number of benzene rings is 1. The zero-order valence-electron chi connectivity index (χ0n) is 11.8. The summed E-state index contributed by atoms with van der Waals surface area (Å²) in [6.45, 7) is 4.80. The maximum atomic E-state index is 12.7. The molecule has 1 fully saturated rings. The van der Waals surface area contributed by atoms with Crippen LogP contribution in [0.5, 0.6) is 0 Å². The lowest BCUT2D eigenvalue weighted by Crippen LogP contribution is -2.43. The van der Waals surface area contributed by atoms with Crippen molar-refractivity contribution in [3.63, 3.8) is 0 Å². The largest absolute Gasteiger partial charge is 0.243 e. The quantitative estimate of drug-likeness (QED) is 0.850. The molecule has 0 unspecified atom stereocenters. The van der Waals surface area contributed by atoms with Crippen LogP contribution >= 0.6 is 0 Å². The minimum absolute atomic E-state index is 0.171. The molecule has 3 nitrogen and oxygen atoms in total. The SMILES string of the molecule is CCc1ccc(S(=O)(=O)N2CCCC[C@@H]2CC)cc1. The van der Waals surface area contributed by atoms with E-state index in [2.05, 4.69) is 13.8 Å². The summed E-state index contributed by atoms with van der Waals surface area (Å²) in [5, 5.41) is 0. The average Bonchev–Trinajstić information content (AvgIpc) is 2.47. The second-order valence-electron chi connectivity index (χ2n) is 5.17. The van der Waals surface area contributed by atoms with Gasteiger partial charge in [0.25, 0.3) is 0 Å². The van der Waals surface area contributed by atoms with E-state index in [0.717, 1.165) is 32.1 Å². The lowest BCUT2D eigenvalue weighted by Gasteiger charge is -2.34. The third-order valence-corrected chi connectivity index (χ3v) is 5.95. The van der Waals surface area contributed by atoms with Gasteiger partial charge in [-0.25, -0.2) is 8.42 Å². The van der Waals surface area contributed by atoms with Crippen LogP contribution in [-0.4, -0.2) is 25.3 Å². The highest BCUT2D eigenvalue weighted by atomic mass is 32.2. The maximum Gasteiger partial charge on any atom is 0.243 e. The van der Waals surface area contributed by atoms with E-state index in [1.807, 2.05) is 12.1 Å². The van der Waals surface area contributed by atoms with E-state index in [0.29, 0.717) is 11.4 Å². The molecule has 1 heterocycles. The molecular weight excluding hydrogens is 258 g/mol. The number of hydrogen-bond donors (Lipinski definition) is 0. The van der Waals surface area contributed by atoms with Gasteiger partial charge in [-0.15, -0.1) is 0 Å². The van der Waals surface area contributed by atoms with E-state index >= 15 is 0 Å². The van der Waals surface area contributed by atoms with Crippen molar-refractivity contribution in [2.75, 3.05) is 6.54 Å². The van der Waals surface area contributed by atoms with Crippen LogP contribution in [0.25, 0.3) is 0 Å². The maximum absolute atomic E-state index is 12.7. The lowest BCUT2D eigenvalue weighted by atomic mass is 10.0. The molecule has 106 valence electrons. The predicted octanol–water partition coefficient (Wildman–Crippen LogP) is 3.20. The van der Waals surface area contributed by atoms with Gasteiger partial charge in [0, 0.05) is 12.6 Å². The molecule has 19 heavy (non-hydrogen) atoms. The van der Waals surface area contributed by atoms with Crippen LogP contribution in [0.4, 0.5) is 0 Å². The van der Waals surface area contributed by atoms with Crippen molar-refractivity contribution < 1.29 is 8.42 Å². The standard InChI is InChI=1S/C15H23NO2S/c1-3-13-8-10-15(11-9-13)19(17,18)16-12-6-5-7-14(16)4-2/h8-11,14H,3-7,12H2,1-2H3/t14-/m0/s1. The van der Waals surface area contributed by atoms with Crippen LogP contribution in [-0.2, 0) is 16.4 Å². The van der Waals surface area contributed by atoms with Gasteiger partial charge in [-0.1, -0.05) is 32.4 Å². The van der Waals surface area contributed by atoms with Gasteiger partial charge >= 0.3 is 0 Å². The van der Waals surface area contributed by atoms with Gasteiger partial charge in [0.1, 0.15) is 0 Å². The van der Waals surface area contributed by atoms with Crippen LogP contribution in [0.3, 0.4) is 0 Å². The fourth-order valence-corrected chi connectivity index (χ4v) is 4.50. The topological polar surface area (TPSA) is 37.4 Å². The van der Waals surface area contributed by atoms with E-state index in [1.165, 1.54) is 5.56 Å². The van der Waals surface area contributed by atoms with Gasteiger partial charge in [0.15, 0.2) is 0 Å². The van der Waals surface area contributed by atoms with E-state index in [4.69, 9.17) is 0 Å². The Morgan fingerprint density at radius 2 is 1.84 bits per heavy atom. The Balaban J connectivity index is 2.29. The van der Waals surface area contributed by atoms with Gasteiger partial charge in [-0.3, -0.25) is 0 Å². The van der Waals surface area contributed by atoms with Crippen LogP contribution in [0.15, 0.2) is 29.2 Å². The zero-order valence-corrected chi connectivity index (χ0v) is 12.6. The Morgan fingerprint density at radius 3 is 2.42 bits per heavy atom. The number of nitrogens with zero attached hydrogens (tertiary/aromatic N) is 1. The van der Waals surface area contributed by atoms with E-state index in [-0.39, 0.29) is 6.04 Å². The third-order valence-electron chi connectivity index (χ3n) is 3.98. The van der Waals surface area contributed by atoms with E-state index < -0.39 is 10.0 Å². The number of piperidine rings is 1. The molecule has 0 amide bonds. The molecule has 0 aliphatic carbocycles. The summed E-state index contributed by atoms with van der Waals surface area (Å²) in [5.41, 5.74) is 1.17. The first kappa shape index (κ1) is 14.5. The molecule has 0 aromatic heterocycles. The van der Waals surface area contributed by atoms with Crippen molar-refractivity contribution in [3.05, 3.63) is 29.8 Å². The predicted molar refractivity (Wildman–Crippen MR) is 77.6 cm³/mol. The number of sulfonamides is 1. The molecule has 0 saturated carbocycles. The first-order chi connectivity index (χ1) is 9.09. The van der Waals surface area contributed by atoms with E-state index in [1.54, 1.807) is 16.4 Å². The number of rotatable bonds is 4. The van der Waals surface area contributed by atoms with Crippen molar-refractivity contribution in [3.8, 4) is 0 Å². The molecule has 0 radical (unpaired) electrons. The van der Waals surface area contributed by atoms with Gasteiger partial charge in [-0.05, 0) is 43.4 Å². The number of aryl methyl sites for hydroxylation is 1. The second-order valence-corrected chi connectivity index (χ2v) is 7.06. The van der Waals surface area contributed by atoms with Crippen molar-refractivity contribution in [1.82, 2.24) is 4.31 Å². The summed E-state index contributed by atoms with van der Waals surface area (Å²) in [6, 6.07) is 7.49. The molecule has 0 N–H and O–H groups in total. The lowest BCUT2D eigenvalue weighted by molar-refractivity contribution is 0.246. The van der Waals surface area contributed by atoms with Gasteiger partial charge in [-0.2, -0.15) is 4.31 Å². The minimum atomic E-state index is -3.31. The molecule has 2 rings (SSSR count). The Labute approximate surface area is 116 Å². The molecule has 4 heteroatoms. The second kappa shape index (κ2) is 6.06. The monoisotopic (exact) mass is 281 g/mol. The van der Waals surface area contributed by atoms with Gasteiger partial charge in [0.2, 0.25) is 10.0 Å². The van der Waals surface area contributed by atoms with Crippen molar-refractivity contribution in [1.29, 1.82) is 0 Å². The summed E-state index contributed by atoms with van der Waals surface area (Å²) in [7, 11) is -3.31. The van der Waals surface area contributed by atoms with Crippen LogP contribution in [0, 0.1) is 0 Å². The molecule has 0 spiro atoms. The molecule has 0 bridgehead atoms. The highest BCUT2D eigenvalue weighted by Crippen LogP contribution is 2.27. The minimum Gasteiger partial charge on any atom is -0.207 e. The smallest absolute Gasteiger partial charge is 0.207 e. The molecule has 1 saturated heterocycles.